The second-order valence-electron chi connectivity index (χ2n) is 6.37. The predicted molar refractivity (Wildman–Crippen MR) is 90.1 cm³/mol. The average Bonchev–Trinajstić information content (AvgIpc) is 2.34. The molecule has 1 aromatic heterocycles. The van der Waals surface area contributed by atoms with Gasteiger partial charge in [0.25, 0.3) is 0 Å². The van der Waals surface area contributed by atoms with Gasteiger partial charge in [-0.2, -0.15) is 0 Å². The van der Waals surface area contributed by atoms with Crippen LogP contribution in [0, 0.1) is 0 Å². The fourth-order valence-corrected chi connectivity index (χ4v) is 2.09. The van der Waals surface area contributed by atoms with E-state index in [1.807, 2.05) is 46.8 Å². The molecule has 0 saturated carbocycles. The van der Waals surface area contributed by atoms with Crippen LogP contribution in [-0.2, 0) is 4.74 Å². The van der Waals surface area contributed by atoms with Gasteiger partial charge in [0, 0.05) is 22.8 Å². The molecule has 124 valence electrons. The molecule has 2 atom stereocenters. The van der Waals surface area contributed by atoms with Gasteiger partial charge in [-0.1, -0.05) is 15.9 Å². The van der Waals surface area contributed by atoms with Crippen LogP contribution in [-0.4, -0.2) is 28.8 Å². The minimum atomic E-state index is -0.480. The van der Waals surface area contributed by atoms with Gasteiger partial charge in [0.2, 0.25) is 5.88 Å². The van der Waals surface area contributed by atoms with Crippen LogP contribution in [0.15, 0.2) is 22.8 Å². The summed E-state index contributed by atoms with van der Waals surface area (Å²) in [4.78, 5) is 15.8. The first-order chi connectivity index (χ1) is 10.2. The molecule has 0 fully saturated rings. The number of aromatic nitrogens is 1. The fraction of sp³-hybridized carbons (Fsp3) is 0.625. The summed E-state index contributed by atoms with van der Waals surface area (Å²) in [6.07, 6.45) is 2.94. The monoisotopic (exact) mass is 372 g/mol. The van der Waals surface area contributed by atoms with Crippen LogP contribution < -0.4 is 10.1 Å². The van der Waals surface area contributed by atoms with Crippen molar-refractivity contribution in [3.8, 4) is 5.88 Å². The van der Waals surface area contributed by atoms with Crippen molar-refractivity contribution in [1.82, 2.24) is 10.3 Å². The summed E-state index contributed by atoms with van der Waals surface area (Å²) >= 11 is 3.38. The molecule has 0 bridgehead atoms. The lowest BCUT2D eigenvalue weighted by molar-refractivity contribution is 0.0502. The Morgan fingerprint density at radius 2 is 2.05 bits per heavy atom. The number of nitrogens with zero attached hydrogens (tertiary/aromatic N) is 1. The summed E-state index contributed by atoms with van der Waals surface area (Å²) in [5, 5.41) is 2.82. The van der Waals surface area contributed by atoms with Gasteiger partial charge >= 0.3 is 6.09 Å². The molecule has 1 amide bonds. The molecular formula is C16H25BrN2O3. The van der Waals surface area contributed by atoms with Crippen molar-refractivity contribution in [3.05, 3.63) is 22.8 Å². The molecule has 0 aromatic carbocycles. The maximum Gasteiger partial charge on any atom is 0.407 e. The summed E-state index contributed by atoms with van der Waals surface area (Å²) in [6, 6.07) is 3.71. The van der Waals surface area contributed by atoms with Gasteiger partial charge in [0.1, 0.15) is 5.60 Å². The quantitative estimate of drug-likeness (QED) is 0.808. The zero-order chi connectivity index (χ0) is 16.8. The first-order valence-electron chi connectivity index (χ1n) is 7.43. The lowest BCUT2D eigenvalue weighted by Gasteiger charge is -2.22. The smallest absolute Gasteiger partial charge is 0.407 e. The summed E-state index contributed by atoms with van der Waals surface area (Å²) in [5.41, 5.74) is -0.480. The lowest BCUT2D eigenvalue weighted by Crippen LogP contribution is -2.38. The molecule has 0 unspecified atom stereocenters. The number of amides is 1. The van der Waals surface area contributed by atoms with Crippen LogP contribution >= 0.6 is 15.9 Å². The Morgan fingerprint density at radius 3 is 2.64 bits per heavy atom. The lowest BCUT2D eigenvalue weighted by atomic mass is 10.1. The van der Waals surface area contributed by atoms with Crippen LogP contribution in [0.4, 0.5) is 4.79 Å². The number of carbonyl (C=O) groups is 1. The van der Waals surface area contributed by atoms with Crippen LogP contribution in [0.2, 0.25) is 0 Å². The summed E-state index contributed by atoms with van der Waals surface area (Å²) in [7, 11) is 0. The van der Waals surface area contributed by atoms with Crippen molar-refractivity contribution in [1.29, 1.82) is 0 Å². The van der Waals surface area contributed by atoms with E-state index < -0.39 is 5.60 Å². The predicted octanol–water partition coefficient (Wildman–Crippen LogP) is 4.30. The first-order valence-corrected chi connectivity index (χ1v) is 8.23. The maximum atomic E-state index is 11.7. The minimum Gasteiger partial charge on any atom is -0.475 e. The topological polar surface area (TPSA) is 60.5 Å². The van der Waals surface area contributed by atoms with E-state index in [0.29, 0.717) is 5.88 Å². The molecule has 1 rings (SSSR count). The SMILES string of the molecule is C[C@@H](CC[C@H](C)Oc1cc(Br)ccn1)NC(=O)OC(C)(C)C. The van der Waals surface area contributed by atoms with Gasteiger partial charge in [0.05, 0.1) is 6.10 Å². The molecule has 0 aliphatic carbocycles. The molecule has 0 aliphatic rings. The van der Waals surface area contributed by atoms with E-state index in [1.54, 1.807) is 6.20 Å². The second kappa shape index (κ2) is 8.36. The van der Waals surface area contributed by atoms with E-state index in [2.05, 4.69) is 26.2 Å². The number of hydrogen-bond acceptors (Lipinski definition) is 4. The van der Waals surface area contributed by atoms with Gasteiger partial charge in [-0.25, -0.2) is 9.78 Å². The minimum absolute atomic E-state index is 0.0182. The highest BCUT2D eigenvalue weighted by Crippen LogP contribution is 2.17. The summed E-state index contributed by atoms with van der Waals surface area (Å²) in [6.45, 7) is 9.48. The molecular weight excluding hydrogens is 348 g/mol. The summed E-state index contributed by atoms with van der Waals surface area (Å²) in [5.74, 6) is 0.592. The number of rotatable bonds is 6. The van der Waals surface area contributed by atoms with Crippen LogP contribution in [0.25, 0.3) is 0 Å². The second-order valence-corrected chi connectivity index (χ2v) is 7.28. The third-order valence-electron chi connectivity index (χ3n) is 2.79. The van der Waals surface area contributed by atoms with E-state index in [9.17, 15) is 4.79 Å². The van der Waals surface area contributed by atoms with Gasteiger partial charge in [-0.3, -0.25) is 0 Å². The zero-order valence-corrected chi connectivity index (χ0v) is 15.4. The molecule has 0 radical (unpaired) electrons. The maximum absolute atomic E-state index is 11.7. The Bertz CT molecular complexity index is 489. The Hall–Kier alpha value is -1.30. The van der Waals surface area contributed by atoms with Gasteiger partial charge < -0.3 is 14.8 Å². The molecule has 0 saturated heterocycles. The number of ether oxygens (including phenoxy) is 2. The van der Waals surface area contributed by atoms with Crippen LogP contribution in [0.1, 0.15) is 47.5 Å². The standard InChI is InChI=1S/C16H25BrN2O3/c1-11(19-15(20)22-16(3,4)5)6-7-12(2)21-14-10-13(17)8-9-18-14/h8-12H,6-7H2,1-5H3,(H,19,20)/t11-,12-/m0/s1. The third-order valence-corrected chi connectivity index (χ3v) is 3.28. The molecule has 1 N–H and O–H groups in total. The number of hydrogen-bond donors (Lipinski definition) is 1. The molecule has 1 aromatic rings. The molecule has 5 nitrogen and oxygen atoms in total. The Balaban J connectivity index is 2.31. The highest BCUT2D eigenvalue weighted by Gasteiger charge is 2.18. The summed E-state index contributed by atoms with van der Waals surface area (Å²) < 4.78 is 11.9. The Morgan fingerprint density at radius 1 is 1.36 bits per heavy atom. The number of pyridine rings is 1. The Labute approximate surface area is 140 Å². The molecule has 0 aliphatic heterocycles. The third kappa shape index (κ3) is 8.22. The molecule has 0 spiro atoms. The van der Waals surface area contributed by atoms with E-state index in [0.717, 1.165) is 17.3 Å². The van der Waals surface area contributed by atoms with E-state index in [-0.39, 0.29) is 18.2 Å². The van der Waals surface area contributed by atoms with Crippen molar-refractivity contribution in [2.24, 2.45) is 0 Å². The van der Waals surface area contributed by atoms with Gasteiger partial charge in [-0.05, 0) is 53.5 Å². The highest BCUT2D eigenvalue weighted by atomic mass is 79.9. The van der Waals surface area contributed by atoms with Crippen molar-refractivity contribution in [2.45, 2.75) is 65.2 Å². The normalized spacial score (nSPS) is 14.1. The van der Waals surface area contributed by atoms with E-state index >= 15 is 0 Å². The zero-order valence-electron chi connectivity index (χ0n) is 13.9. The largest absolute Gasteiger partial charge is 0.475 e. The molecule has 1 heterocycles. The van der Waals surface area contributed by atoms with Gasteiger partial charge in [-0.15, -0.1) is 0 Å². The van der Waals surface area contributed by atoms with Crippen molar-refractivity contribution >= 4 is 22.0 Å². The fourth-order valence-electron chi connectivity index (χ4n) is 1.78. The van der Waals surface area contributed by atoms with Crippen molar-refractivity contribution in [2.75, 3.05) is 0 Å². The van der Waals surface area contributed by atoms with Gasteiger partial charge in [0.15, 0.2) is 0 Å². The van der Waals surface area contributed by atoms with E-state index in [1.165, 1.54) is 0 Å². The first kappa shape index (κ1) is 18.7. The number of alkyl carbamates (subject to hydrolysis) is 1. The number of nitrogens with one attached hydrogen (secondary N) is 1. The Kier molecular flexibility index (Phi) is 7.13. The van der Waals surface area contributed by atoms with Crippen LogP contribution in [0.5, 0.6) is 5.88 Å². The molecule has 6 heteroatoms. The van der Waals surface area contributed by atoms with Crippen molar-refractivity contribution in [3.63, 3.8) is 0 Å². The number of halogens is 1. The highest BCUT2D eigenvalue weighted by molar-refractivity contribution is 9.10. The molecule has 22 heavy (non-hydrogen) atoms. The van der Waals surface area contributed by atoms with E-state index in [4.69, 9.17) is 9.47 Å². The van der Waals surface area contributed by atoms with Crippen LogP contribution in [0.3, 0.4) is 0 Å². The number of carbonyl (C=O) groups excluding carboxylic acids is 1. The average molecular weight is 373 g/mol. The van der Waals surface area contributed by atoms with Crippen molar-refractivity contribution < 1.29 is 14.3 Å².